The number of fused-ring (bicyclic) bond motifs is 1. The Balaban J connectivity index is 2.51. The Morgan fingerprint density at radius 1 is 1.14 bits per heavy atom. The summed E-state index contributed by atoms with van der Waals surface area (Å²) in [5.41, 5.74) is 2.05. The predicted molar refractivity (Wildman–Crippen MR) is 79.3 cm³/mol. The summed E-state index contributed by atoms with van der Waals surface area (Å²) in [6, 6.07) is 7.89. The number of hydrogen-bond donors (Lipinski definition) is 2. The molecule has 0 atom stereocenters. The highest BCUT2D eigenvalue weighted by Gasteiger charge is 2.37. The number of benzene rings is 1. The highest BCUT2D eigenvalue weighted by Crippen LogP contribution is 2.46. The minimum atomic E-state index is -1.45. The molecule has 0 unspecified atom stereocenters. The van der Waals surface area contributed by atoms with Gasteiger partial charge in [-0.1, -0.05) is 32.0 Å². The number of rotatable bonds is 3. The zero-order chi connectivity index (χ0) is 15.8. The van der Waals surface area contributed by atoms with Crippen molar-refractivity contribution in [2.75, 3.05) is 11.9 Å². The molecule has 2 N–H and O–H groups in total. The van der Waals surface area contributed by atoms with E-state index in [1.807, 2.05) is 50.1 Å². The molecule has 1 heterocycles. The maximum absolute atomic E-state index is 10.9. The van der Waals surface area contributed by atoms with Gasteiger partial charge in [-0.05, 0) is 23.8 Å². The molecule has 1 aliphatic heterocycles. The Morgan fingerprint density at radius 2 is 1.71 bits per heavy atom. The molecule has 21 heavy (non-hydrogen) atoms. The molecule has 5 heteroatoms. The highest BCUT2D eigenvalue weighted by molar-refractivity contribution is 6.12. The Morgan fingerprint density at radius 3 is 2.24 bits per heavy atom. The quantitative estimate of drug-likeness (QED) is 0.507. The Bertz CT molecular complexity index is 655. The lowest BCUT2D eigenvalue weighted by Crippen LogP contribution is -2.23. The van der Waals surface area contributed by atoms with E-state index in [4.69, 9.17) is 10.2 Å². The summed E-state index contributed by atoms with van der Waals surface area (Å²) in [4.78, 5) is 23.8. The van der Waals surface area contributed by atoms with Crippen molar-refractivity contribution >= 4 is 17.6 Å². The molecule has 0 amide bonds. The molecule has 110 valence electrons. The summed E-state index contributed by atoms with van der Waals surface area (Å²) in [5.74, 6) is -2.90. The molecule has 5 nitrogen and oxygen atoms in total. The fourth-order valence-electron chi connectivity index (χ4n) is 2.70. The molecular weight excluding hydrogens is 270 g/mol. The van der Waals surface area contributed by atoms with Crippen LogP contribution in [0.4, 0.5) is 5.69 Å². The SMILES string of the molecule is CN1/C(=C\C=C(C(=O)O)C(=O)O)C(C)(C)c2ccccc21. The van der Waals surface area contributed by atoms with Crippen molar-refractivity contribution in [2.24, 2.45) is 0 Å². The lowest BCUT2D eigenvalue weighted by molar-refractivity contribution is -0.140. The van der Waals surface area contributed by atoms with Gasteiger partial charge in [0.05, 0.1) is 0 Å². The second kappa shape index (κ2) is 5.09. The Kier molecular flexibility index (Phi) is 3.60. The van der Waals surface area contributed by atoms with E-state index >= 15 is 0 Å². The number of carbonyl (C=O) groups is 2. The molecule has 0 fully saturated rings. The number of hydrogen-bond acceptors (Lipinski definition) is 3. The van der Waals surface area contributed by atoms with Crippen LogP contribution >= 0.6 is 0 Å². The van der Waals surface area contributed by atoms with Crippen molar-refractivity contribution in [3.8, 4) is 0 Å². The van der Waals surface area contributed by atoms with E-state index in [2.05, 4.69) is 0 Å². The summed E-state index contributed by atoms with van der Waals surface area (Å²) in [6.07, 6.45) is 2.71. The van der Waals surface area contributed by atoms with Crippen LogP contribution in [0.1, 0.15) is 19.4 Å². The molecule has 0 saturated heterocycles. The smallest absolute Gasteiger partial charge is 0.343 e. The monoisotopic (exact) mass is 287 g/mol. The van der Waals surface area contributed by atoms with Crippen molar-refractivity contribution in [2.45, 2.75) is 19.3 Å². The third-order valence-corrected chi connectivity index (χ3v) is 3.81. The van der Waals surface area contributed by atoms with Gasteiger partial charge in [-0.15, -0.1) is 0 Å². The predicted octanol–water partition coefficient (Wildman–Crippen LogP) is 2.39. The number of anilines is 1. The molecule has 0 spiro atoms. The van der Waals surface area contributed by atoms with Crippen molar-refractivity contribution in [3.05, 3.63) is 53.3 Å². The van der Waals surface area contributed by atoms with Gasteiger partial charge >= 0.3 is 11.9 Å². The lowest BCUT2D eigenvalue weighted by Gasteiger charge is -2.23. The first kappa shape index (κ1) is 14.8. The molecule has 0 aromatic heterocycles. The summed E-state index contributed by atoms with van der Waals surface area (Å²) in [6.45, 7) is 4.05. The number of likely N-dealkylation sites (N-methyl/N-ethyl adjacent to an activating group) is 1. The number of carboxylic acid groups (broad SMARTS) is 2. The van der Waals surface area contributed by atoms with Crippen LogP contribution in [0, 0.1) is 0 Å². The van der Waals surface area contributed by atoms with Gasteiger partial charge < -0.3 is 15.1 Å². The number of para-hydroxylation sites is 1. The average Bonchev–Trinajstić information content (AvgIpc) is 2.59. The van der Waals surface area contributed by atoms with E-state index in [-0.39, 0.29) is 5.41 Å². The zero-order valence-corrected chi connectivity index (χ0v) is 12.1. The summed E-state index contributed by atoms with van der Waals surface area (Å²) in [7, 11) is 1.88. The molecular formula is C16H17NO4. The first-order valence-electron chi connectivity index (χ1n) is 6.49. The van der Waals surface area contributed by atoms with Crippen LogP contribution in [-0.2, 0) is 15.0 Å². The number of allylic oxidation sites excluding steroid dienone is 3. The topological polar surface area (TPSA) is 77.8 Å². The van der Waals surface area contributed by atoms with Gasteiger partial charge in [0.25, 0.3) is 0 Å². The highest BCUT2D eigenvalue weighted by atomic mass is 16.4. The normalized spacial score (nSPS) is 17.5. The van der Waals surface area contributed by atoms with Crippen LogP contribution in [0.3, 0.4) is 0 Å². The van der Waals surface area contributed by atoms with E-state index < -0.39 is 17.5 Å². The third kappa shape index (κ3) is 2.42. The van der Waals surface area contributed by atoms with E-state index in [1.165, 1.54) is 0 Å². The van der Waals surface area contributed by atoms with Gasteiger partial charge in [0.2, 0.25) is 0 Å². The minimum absolute atomic E-state index is 0.316. The van der Waals surface area contributed by atoms with Crippen molar-refractivity contribution < 1.29 is 19.8 Å². The number of nitrogens with zero attached hydrogens (tertiary/aromatic N) is 1. The minimum Gasteiger partial charge on any atom is -0.477 e. The summed E-state index contributed by atoms with van der Waals surface area (Å²) in [5, 5.41) is 17.8. The molecule has 0 aliphatic carbocycles. The van der Waals surface area contributed by atoms with Crippen molar-refractivity contribution in [3.63, 3.8) is 0 Å². The molecule has 0 radical (unpaired) electrons. The molecule has 0 bridgehead atoms. The first-order valence-corrected chi connectivity index (χ1v) is 6.49. The van der Waals surface area contributed by atoms with Gasteiger partial charge in [0, 0.05) is 23.8 Å². The Labute approximate surface area is 122 Å². The molecule has 1 aliphatic rings. The Hall–Kier alpha value is -2.56. The summed E-state index contributed by atoms with van der Waals surface area (Å²) >= 11 is 0. The fraction of sp³-hybridized carbons (Fsp3) is 0.250. The van der Waals surface area contributed by atoms with Crippen LogP contribution in [0.5, 0.6) is 0 Å². The maximum Gasteiger partial charge on any atom is 0.343 e. The standard InChI is InChI=1S/C16H17NO4/c1-16(2)11-6-4-5-7-12(11)17(3)13(16)9-8-10(14(18)19)15(20)21/h4-9H,1-3H3,(H,18,19)(H,20,21)/b13-9-. The third-order valence-electron chi connectivity index (χ3n) is 3.81. The van der Waals surface area contributed by atoms with Gasteiger partial charge in [-0.25, -0.2) is 9.59 Å². The van der Waals surface area contributed by atoms with E-state index in [0.29, 0.717) is 0 Å². The second-order valence-corrected chi connectivity index (χ2v) is 5.44. The van der Waals surface area contributed by atoms with E-state index in [0.717, 1.165) is 23.0 Å². The average molecular weight is 287 g/mol. The van der Waals surface area contributed by atoms with Crippen molar-refractivity contribution in [1.29, 1.82) is 0 Å². The zero-order valence-electron chi connectivity index (χ0n) is 12.1. The van der Waals surface area contributed by atoms with Crippen LogP contribution < -0.4 is 4.90 Å². The fourth-order valence-corrected chi connectivity index (χ4v) is 2.70. The van der Waals surface area contributed by atoms with Gasteiger partial charge in [-0.3, -0.25) is 0 Å². The van der Waals surface area contributed by atoms with Gasteiger partial charge in [0.1, 0.15) is 5.57 Å². The molecule has 1 aromatic rings. The lowest BCUT2D eigenvalue weighted by atomic mass is 9.83. The van der Waals surface area contributed by atoms with Crippen LogP contribution in [0.2, 0.25) is 0 Å². The van der Waals surface area contributed by atoms with E-state index in [1.54, 1.807) is 6.08 Å². The van der Waals surface area contributed by atoms with Crippen LogP contribution in [-0.4, -0.2) is 29.2 Å². The van der Waals surface area contributed by atoms with Crippen LogP contribution in [0.15, 0.2) is 47.7 Å². The second-order valence-electron chi connectivity index (χ2n) is 5.44. The van der Waals surface area contributed by atoms with Crippen LogP contribution in [0.25, 0.3) is 0 Å². The van der Waals surface area contributed by atoms with Gasteiger partial charge in [0.15, 0.2) is 0 Å². The van der Waals surface area contributed by atoms with Crippen molar-refractivity contribution in [1.82, 2.24) is 0 Å². The van der Waals surface area contributed by atoms with Gasteiger partial charge in [-0.2, -0.15) is 0 Å². The largest absolute Gasteiger partial charge is 0.477 e. The molecule has 1 aromatic carbocycles. The summed E-state index contributed by atoms with van der Waals surface area (Å²) < 4.78 is 0. The first-order chi connectivity index (χ1) is 9.76. The number of aliphatic carboxylic acids is 2. The van der Waals surface area contributed by atoms with E-state index in [9.17, 15) is 9.59 Å². The maximum atomic E-state index is 10.9. The molecule has 2 rings (SSSR count). The number of carboxylic acids is 2. The molecule has 0 saturated carbocycles.